The number of benzene rings is 2. The van der Waals surface area contributed by atoms with Crippen LogP contribution in [0, 0.1) is 20.2 Å². The Bertz CT molecular complexity index is 781. The van der Waals surface area contributed by atoms with Gasteiger partial charge >= 0.3 is 0 Å². The standard InChI is InChI=1S/C17H18N4O4/c1-3-19(4-2)17(13-5-9-15(10-6-13)20(22)23)18-14-7-11-16(12-8-14)21(24)25/h5-12H,3-4H2,1-2H3. The number of nitrogens with zero attached hydrogens (tertiary/aromatic N) is 4. The van der Waals surface area contributed by atoms with Crippen LogP contribution in [-0.2, 0) is 0 Å². The number of amidine groups is 1. The third-order valence-corrected chi connectivity index (χ3v) is 3.69. The number of hydrogen-bond donors (Lipinski definition) is 0. The Morgan fingerprint density at radius 3 is 1.72 bits per heavy atom. The maximum Gasteiger partial charge on any atom is 0.269 e. The zero-order chi connectivity index (χ0) is 18.4. The van der Waals surface area contributed by atoms with Crippen LogP contribution >= 0.6 is 0 Å². The van der Waals surface area contributed by atoms with Gasteiger partial charge in [0.25, 0.3) is 11.4 Å². The maximum atomic E-state index is 10.8. The topological polar surface area (TPSA) is 102 Å². The quantitative estimate of drug-likeness (QED) is 0.342. The van der Waals surface area contributed by atoms with Gasteiger partial charge in [-0.3, -0.25) is 20.2 Å². The zero-order valence-corrected chi connectivity index (χ0v) is 14.0. The van der Waals surface area contributed by atoms with Crippen molar-refractivity contribution < 1.29 is 9.85 Å². The van der Waals surface area contributed by atoms with Crippen LogP contribution in [0.5, 0.6) is 0 Å². The summed E-state index contributed by atoms with van der Waals surface area (Å²) in [5.74, 6) is 0.661. The lowest BCUT2D eigenvalue weighted by atomic mass is 10.1. The van der Waals surface area contributed by atoms with E-state index < -0.39 is 9.85 Å². The zero-order valence-electron chi connectivity index (χ0n) is 14.0. The third kappa shape index (κ3) is 4.37. The van der Waals surface area contributed by atoms with Crippen LogP contribution in [0.2, 0.25) is 0 Å². The lowest BCUT2D eigenvalue weighted by Crippen LogP contribution is -2.31. The van der Waals surface area contributed by atoms with Gasteiger partial charge in [-0.05, 0) is 38.1 Å². The van der Waals surface area contributed by atoms with E-state index in [0.717, 1.165) is 5.56 Å². The fourth-order valence-electron chi connectivity index (χ4n) is 2.34. The van der Waals surface area contributed by atoms with Crippen LogP contribution in [0.4, 0.5) is 17.1 Å². The summed E-state index contributed by atoms with van der Waals surface area (Å²) < 4.78 is 0. The molecule has 0 fully saturated rings. The van der Waals surface area contributed by atoms with Crippen molar-refractivity contribution in [2.24, 2.45) is 4.99 Å². The average molecular weight is 342 g/mol. The van der Waals surface area contributed by atoms with E-state index in [0.29, 0.717) is 24.6 Å². The van der Waals surface area contributed by atoms with Crippen LogP contribution in [-0.4, -0.2) is 33.7 Å². The molecule has 25 heavy (non-hydrogen) atoms. The Kier molecular flexibility index (Phi) is 5.78. The van der Waals surface area contributed by atoms with Crippen LogP contribution < -0.4 is 0 Å². The number of non-ortho nitro benzene ring substituents is 2. The molecule has 2 aromatic carbocycles. The predicted octanol–water partition coefficient (Wildman–Crippen LogP) is 3.92. The fraction of sp³-hybridized carbons (Fsp3) is 0.235. The van der Waals surface area contributed by atoms with Crippen molar-refractivity contribution in [2.75, 3.05) is 13.1 Å². The van der Waals surface area contributed by atoms with Crippen molar-refractivity contribution in [3.8, 4) is 0 Å². The molecule has 130 valence electrons. The van der Waals surface area contributed by atoms with Crippen molar-refractivity contribution in [1.82, 2.24) is 4.90 Å². The van der Waals surface area contributed by atoms with Crippen LogP contribution in [0.25, 0.3) is 0 Å². The summed E-state index contributed by atoms with van der Waals surface area (Å²) in [4.78, 5) is 27.3. The second kappa shape index (κ2) is 8.00. The molecule has 0 saturated carbocycles. The van der Waals surface area contributed by atoms with Gasteiger partial charge in [0.1, 0.15) is 5.84 Å². The molecular formula is C17H18N4O4. The Morgan fingerprint density at radius 2 is 1.32 bits per heavy atom. The Balaban J connectivity index is 2.44. The molecular weight excluding hydrogens is 324 g/mol. The second-order valence-corrected chi connectivity index (χ2v) is 5.19. The van der Waals surface area contributed by atoms with Gasteiger partial charge < -0.3 is 4.90 Å². The van der Waals surface area contributed by atoms with E-state index in [2.05, 4.69) is 4.99 Å². The minimum Gasteiger partial charge on any atom is -0.357 e. The lowest BCUT2D eigenvalue weighted by molar-refractivity contribution is -0.385. The molecule has 0 aromatic heterocycles. The van der Waals surface area contributed by atoms with Crippen molar-refractivity contribution >= 4 is 22.9 Å². The molecule has 8 nitrogen and oxygen atoms in total. The molecule has 0 aliphatic heterocycles. The molecule has 0 N–H and O–H groups in total. The van der Waals surface area contributed by atoms with Gasteiger partial charge in [0.05, 0.1) is 15.5 Å². The van der Waals surface area contributed by atoms with Crippen molar-refractivity contribution in [3.05, 3.63) is 74.3 Å². The number of hydrogen-bond acceptors (Lipinski definition) is 5. The number of nitro benzene ring substituents is 2. The molecule has 2 aromatic rings. The van der Waals surface area contributed by atoms with Crippen LogP contribution in [0.3, 0.4) is 0 Å². The number of rotatable bonds is 6. The van der Waals surface area contributed by atoms with E-state index in [4.69, 9.17) is 0 Å². The SMILES string of the molecule is CCN(CC)C(=Nc1ccc([N+](=O)[O-])cc1)c1ccc([N+](=O)[O-])cc1. The Morgan fingerprint density at radius 1 is 0.880 bits per heavy atom. The molecule has 2 rings (SSSR count). The normalized spacial score (nSPS) is 11.2. The third-order valence-electron chi connectivity index (χ3n) is 3.69. The first-order chi connectivity index (χ1) is 12.0. The Hall–Kier alpha value is -3.29. The van der Waals surface area contributed by atoms with E-state index in [-0.39, 0.29) is 11.4 Å². The van der Waals surface area contributed by atoms with Gasteiger partial charge in [0, 0.05) is 42.9 Å². The molecule has 0 aliphatic rings. The summed E-state index contributed by atoms with van der Waals surface area (Å²) in [7, 11) is 0. The highest BCUT2D eigenvalue weighted by atomic mass is 16.6. The summed E-state index contributed by atoms with van der Waals surface area (Å²) in [6.07, 6.45) is 0. The highest BCUT2D eigenvalue weighted by Crippen LogP contribution is 2.21. The van der Waals surface area contributed by atoms with Gasteiger partial charge in [0.15, 0.2) is 0 Å². The summed E-state index contributed by atoms with van der Waals surface area (Å²) in [6.45, 7) is 5.39. The van der Waals surface area contributed by atoms with Gasteiger partial charge in [-0.25, -0.2) is 4.99 Å². The monoisotopic (exact) mass is 342 g/mol. The predicted molar refractivity (Wildman–Crippen MR) is 95.3 cm³/mol. The first kappa shape index (κ1) is 18.1. The largest absolute Gasteiger partial charge is 0.357 e. The summed E-state index contributed by atoms with van der Waals surface area (Å²) in [6, 6.07) is 12.1. The maximum absolute atomic E-state index is 10.8. The number of aliphatic imine (C=N–C) groups is 1. The smallest absolute Gasteiger partial charge is 0.269 e. The van der Waals surface area contributed by atoms with E-state index in [1.54, 1.807) is 24.3 Å². The molecule has 8 heteroatoms. The van der Waals surface area contributed by atoms with Crippen LogP contribution in [0.15, 0.2) is 53.5 Å². The van der Waals surface area contributed by atoms with Gasteiger partial charge in [-0.2, -0.15) is 0 Å². The molecule has 0 unspecified atom stereocenters. The molecule has 0 spiro atoms. The van der Waals surface area contributed by atoms with E-state index in [1.807, 2.05) is 18.7 Å². The molecule has 0 aliphatic carbocycles. The van der Waals surface area contributed by atoms with Crippen molar-refractivity contribution in [2.45, 2.75) is 13.8 Å². The van der Waals surface area contributed by atoms with Crippen molar-refractivity contribution in [3.63, 3.8) is 0 Å². The molecule has 0 saturated heterocycles. The average Bonchev–Trinajstić information content (AvgIpc) is 2.62. The summed E-state index contributed by atoms with van der Waals surface area (Å²) in [5.41, 5.74) is 1.33. The molecule has 0 bridgehead atoms. The highest BCUT2D eigenvalue weighted by molar-refractivity contribution is 6.00. The molecule has 0 amide bonds. The Labute approximate surface area is 144 Å². The highest BCUT2D eigenvalue weighted by Gasteiger charge is 2.13. The minimum atomic E-state index is -0.463. The summed E-state index contributed by atoms with van der Waals surface area (Å²) >= 11 is 0. The minimum absolute atomic E-state index is 0.00123. The van der Waals surface area contributed by atoms with E-state index in [1.165, 1.54) is 24.3 Å². The molecule has 0 atom stereocenters. The molecule has 0 radical (unpaired) electrons. The van der Waals surface area contributed by atoms with Crippen LogP contribution in [0.1, 0.15) is 19.4 Å². The van der Waals surface area contributed by atoms with Gasteiger partial charge in [-0.15, -0.1) is 0 Å². The van der Waals surface area contributed by atoms with E-state index in [9.17, 15) is 20.2 Å². The van der Waals surface area contributed by atoms with Gasteiger partial charge in [0.2, 0.25) is 0 Å². The van der Waals surface area contributed by atoms with Crippen molar-refractivity contribution in [1.29, 1.82) is 0 Å². The summed E-state index contributed by atoms with van der Waals surface area (Å²) in [5, 5.41) is 21.6. The van der Waals surface area contributed by atoms with Gasteiger partial charge in [-0.1, -0.05) is 0 Å². The number of nitro groups is 2. The first-order valence-electron chi connectivity index (χ1n) is 7.79. The lowest BCUT2D eigenvalue weighted by Gasteiger charge is -2.23. The second-order valence-electron chi connectivity index (χ2n) is 5.19. The fourth-order valence-corrected chi connectivity index (χ4v) is 2.34. The van der Waals surface area contributed by atoms with E-state index >= 15 is 0 Å². The first-order valence-corrected chi connectivity index (χ1v) is 7.79. The molecule has 0 heterocycles.